The molecule has 0 fully saturated rings. The first kappa shape index (κ1) is 26.7. The Bertz CT molecular complexity index is 1010. The molecule has 0 aromatic heterocycles. The number of nitrogens with two attached hydrogens (primary N) is 4. The summed E-state index contributed by atoms with van der Waals surface area (Å²) in [6.45, 7) is 1.06. The standard InChI is InChI=1S/C22H30Cl2N10/c23-15-5-9-17(10-6-15)33(14-4-2-1-3-13-31-21(29)32-19(25)26)22(30)34(20(27)28)18-11-7-16(24)8-12-18/h5-12,30H,1-4,13-14H2,(H3,27,28)(H6,25,26,29,31,32). The van der Waals surface area contributed by atoms with E-state index in [0.29, 0.717) is 28.8 Å². The predicted molar refractivity (Wildman–Crippen MR) is 143 cm³/mol. The average Bonchev–Trinajstić information content (AvgIpc) is 2.77. The summed E-state index contributed by atoms with van der Waals surface area (Å²) in [7, 11) is 0. The number of nitrogens with one attached hydrogen (secondary N) is 2. The summed E-state index contributed by atoms with van der Waals surface area (Å²) >= 11 is 12.1. The third-order valence-corrected chi connectivity index (χ3v) is 5.24. The van der Waals surface area contributed by atoms with Crippen molar-refractivity contribution < 1.29 is 0 Å². The maximum atomic E-state index is 8.87. The van der Waals surface area contributed by atoms with E-state index in [-0.39, 0.29) is 23.8 Å². The minimum Gasteiger partial charge on any atom is -0.370 e. The van der Waals surface area contributed by atoms with Gasteiger partial charge in [-0.15, -0.1) is 0 Å². The van der Waals surface area contributed by atoms with E-state index in [1.165, 1.54) is 4.90 Å². The van der Waals surface area contributed by atoms with Crippen LogP contribution in [0.1, 0.15) is 25.7 Å². The highest BCUT2D eigenvalue weighted by atomic mass is 35.5. The van der Waals surface area contributed by atoms with Crippen LogP contribution in [0.5, 0.6) is 0 Å². The van der Waals surface area contributed by atoms with Crippen LogP contribution in [-0.2, 0) is 0 Å². The van der Waals surface area contributed by atoms with Gasteiger partial charge in [0.15, 0.2) is 11.9 Å². The van der Waals surface area contributed by atoms with Gasteiger partial charge in [-0.05, 0) is 61.4 Å². The molecule has 0 amide bonds. The zero-order valence-corrected chi connectivity index (χ0v) is 20.2. The van der Waals surface area contributed by atoms with Crippen molar-refractivity contribution in [3.05, 3.63) is 58.6 Å². The predicted octanol–water partition coefficient (Wildman–Crippen LogP) is 3.28. The molecule has 0 bridgehead atoms. The van der Waals surface area contributed by atoms with Crippen molar-refractivity contribution >= 4 is 58.4 Å². The van der Waals surface area contributed by atoms with E-state index >= 15 is 0 Å². The number of hydrogen-bond donors (Lipinski definition) is 6. The van der Waals surface area contributed by atoms with Crippen molar-refractivity contribution in [2.45, 2.75) is 25.7 Å². The fourth-order valence-electron chi connectivity index (χ4n) is 3.16. The average molecular weight is 505 g/mol. The van der Waals surface area contributed by atoms with E-state index in [9.17, 15) is 0 Å². The fraction of sp³-hybridized carbons (Fsp3) is 0.273. The molecule has 0 saturated carbocycles. The van der Waals surface area contributed by atoms with Gasteiger partial charge in [-0.1, -0.05) is 36.0 Å². The number of benzene rings is 2. The molecule has 0 aliphatic heterocycles. The Morgan fingerprint density at radius 1 is 0.765 bits per heavy atom. The molecular weight excluding hydrogens is 475 g/mol. The molecule has 34 heavy (non-hydrogen) atoms. The van der Waals surface area contributed by atoms with Crippen LogP contribution in [0.3, 0.4) is 0 Å². The van der Waals surface area contributed by atoms with E-state index < -0.39 is 0 Å². The van der Waals surface area contributed by atoms with Crippen LogP contribution in [0.4, 0.5) is 11.4 Å². The summed E-state index contributed by atoms with van der Waals surface area (Å²) in [5.74, 6) is -0.285. The zero-order valence-electron chi connectivity index (χ0n) is 18.7. The fourth-order valence-corrected chi connectivity index (χ4v) is 3.41. The molecule has 0 aliphatic rings. The minimum atomic E-state index is -0.275. The molecule has 2 aromatic rings. The van der Waals surface area contributed by atoms with Gasteiger partial charge in [-0.2, -0.15) is 4.99 Å². The van der Waals surface area contributed by atoms with E-state index in [0.717, 1.165) is 31.4 Å². The summed E-state index contributed by atoms with van der Waals surface area (Å²) < 4.78 is 0. The lowest BCUT2D eigenvalue weighted by atomic mass is 10.1. The van der Waals surface area contributed by atoms with Crippen molar-refractivity contribution in [2.75, 3.05) is 22.9 Å². The first-order valence-electron chi connectivity index (χ1n) is 10.6. The molecule has 10 N–H and O–H groups in total. The lowest BCUT2D eigenvalue weighted by Gasteiger charge is -2.32. The van der Waals surface area contributed by atoms with Crippen LogP contribution in [0, 0.1) is 10.8 Å². The molecule has 0 atom stereocenters. The number of halogens is 2. The molecule has 0 radical (unpaired) electrons. The van der Waals surface area contributed by atoms with Gasteiger partial charge >= 0.3 is 0 Å². The summed E-state index contributed by atoms with van der Waals surface area (Å²) in [6, 6.07) is 14.0. The number of guanidine groups is 4. The van der Waals surface area contributed by atoms with Crippen LogP contribution in [0.25, 0.3) is 0 Å². The van der Waals surface area contributed by atoms with Gasteiger partial charge in [-0.25, -0.2) is 0 Å². The molecule has 0 unspecified atom stereocenters. The Hall–Kier alpha value is -3.50. The van der Waals surface area contributed by atoms with Crippen molar-refractivity contribution in [1.29, 1.82) is 10.8 Å². The summed E-state index contributed by atoms with van der Waals surface area (Å²) in [5.41, 5.74) is 23.3. The van der Waals surface area contributed by atoms with Crippen LogP contribution < -0.4 is 32.7 Å². The lowest BCUT2D eigenvalue weighted by Crippen LogP contribution is -2.50. The smallest absolute Gasteiger partial charge is 0.218 e. The quantitative estimate of drug-likeness (QED) is 0.173. The summed E-state index contributed by atoms with van der Waals surface area (Å²) in [5, 5.41) is 18.1. The third-order valence-electron chi connectivity index (χ3n) is 4.74. The van der Waals surface area contributed by atoms with Gasteiger partial charge < -0.3 is 27.8 Å². The Kier molecular flexibility index (Phi) is 10.4. The molecule has 182 valence electrons. The number of hydrogen-bond acceptors (Lipinski definition) is 3. The monoisotopic (exact) mass is 504 g/mol. The second kappa shape index (κ2) is 13.3. The number of anilines is 2. The van der Waals surface area contributed by atoms with E-state index in [2.05, 4.69) is 9.98 Å². The van der Waals surface area contributed by atoms with E-state index in [4.69, 9.17) is 57.0 Å². The number of rotatable bonds is 9. The molecule has 0 aliphatic carbocycles. The van der Waals surface area contributed by atoms with Gasteiger partial charge in [0.1, 0.15) is 0 Å². The number of unbranched alkanes of at least 4 members (excludes halogenated alkanes) is 3. The normalized spacial score (nSPS) is 11.1. The van der Waals surface area contributed by atoms with Crippen molar-refractivity contribution in [3.8, 4) is 0 Å². The van der Waals surface area contributed by atoms with Gasteiger partial charge in [0.05, 0.1) is 5.69 Å². The van der Waals surface area contributed by atoms with Crippen molar-refractivity contribution in [3.63, 3.8) is 0 Å². The molecule has 0 heterocycles. The van der Waals surface area contributed by atoms with Crippen LogP contribution in [0.2, 0.25) is 10.0 Å². The van der Waals surface area contributed by atoms with E-state index in [1.807, 2.05) is 12.1 Å². The topological polar surface area (TPSA) is 183 Å². The Balaban J connectivity index is 2.07. The molecule has 12 heteroatoms. The highest BCUT2D eigenvalue weighted by Gasteiger charge is 2.22. The Morgan fingerprint density at radius 2 is 1.29 bits per heavy atom. The highest BCUT2D eigenvalue weighted by molar-refractivity contribution is 6.31. The maximum Gasteiger partial charge on any atom is 0.218 e. The first-order chi connectivity index (χ1) is 16.2. The molecule has 2 rings (SSSR count). The highest BCUT2D eigenvalue weighted by Crippen LogP contribution is 2.24. The van der Waals surface area contributed by atoms with Gasteiger partial charge in [-0.3, -0.25) is 20.7 Å². The molecule has 0 saturated heterocycles. The molecule has 2 aromatic carbocycles. The Morgan fingerprint density at radius 3 is 1.82 bits per heavy atom. The van der Waals surface area contributed by atoms with Gasteiger partial charge in [0, 0.05) is 28.8 Å². The largest absolute Gasteiger partial charge is 0.370 e. The van der Waals surface area contributed by atoms with Crippen molar-refractivity contribution in [2.24, 2.45) is 32.9 Å². The number of aliphatic imine (C=N–C) groups is 2. The van der Waals surface area contributed by atoms with E-state index in [1.54, 1.807) is 41.3 Å². The van der Waals surface area contributed by atoms with Gasteiger partial charge in [0.2, 0.25) is 11.9 Å². The second-order valence-corrected chi connectivity index (χ2v) is 8.21. The van der Waals surface area contributed by atoms with Crippen LogP contribution in [-0.4, -0.2) is 36.9 Å². The zero-order chi connectivity index (χ0) is 25.1. The Labute approximate surface area is 209 Å². The van der Waals surface area contributed by atoms with Crippen LogP contribution >= 0.6 is 23.2 Å². The summed E-state index contributed by atoms with van der Waals surface area (Å²) in [4.78, 5) is 10.9. The van der Waals surface area contributed by atoms with Gasteiger partial charge in [0.25, 0.3) is 0 Å². The van der Waals surface area contributed by atoms with Crippen molar-refractivity contribution in [1.82, 2.24) is 0 Å². The molecular formula is C22H30Cl2N10. The first-order valence-corrected chi connectivity index (χ1v) is 11.4. The minimum absolute atomic E-state index is 0.0479. The lowest BCUT2D eigenvalue weighted by molar-refractivity contribution is 0.650. The SMILES string of the molecule is N=C(N)N(C(=N)N(CCCCCCN=C(N)N=C(N)N)c1ccc(Cl)cc1)c1ccc(Cl)cc1. The van der Waals surface area contributed by atoms with Crippen LogP contribution in [0.15, 0.2) is 58.5 Å². The number of nitrogens with zero attached hydrogens (tertiary/aromatic N) is 4. The molecule has 10 nitrogen and oxygen atoms in total. The third kappa shape index (κ3) is 8.45. The summed E-state index contributed by atoms with van der Waals surface area (Å²) in [6.07, 6.45) is 3.43. The second-order valence-electron chi connectivity index (χ2n) is 7.34. The molecule has 0 spiro atoms. The maximum absolute atomic E-state index is 8.87.